The molecule has 2 aromatic carbocycles. The summed E-state index contributed by atoms with van der Waals surface area (Å²) in [5, 5.41) is 4.67. The molecular weight excluding hydrogens is 457 g/mol. The van der Waals surface area contributed by atoms with E-state index < -0.39 is 14.9 Å². The molecular formula is C21H19Cl2N5O2S. The van der Waals surface area contributed by atoms with Crippen LogP contribution in [0.5, 0.6) is 0 Å². The fourth-order valence-corrected chi connectivity index (χ4v) is 4.14. The van der Waals surface area contributed by atoms with Crippen LogP contribution in [0.15, 0.2) is 59.5 Å². The molecule has 31 heavy (non-hydrogen) atoms. The molecule has 0 aliphatic heterocycles. The maximum atomic E-state index is 12.4. The number of aryl methyl sites for hydroxylation is 1. The first-order valence-corrected chi connectivity index (χ1v) is 11.6. The Balaban J connectivity index is 1.87. The van der Waals surface area contributed by atoms with Crippen molar-refractivity contribution in [3.63, 3.8) is 0 Å². The molecule has 0 radical (unpaired) electrons. The Morgan fingerprint density at radius 3 is 2.13 bits per heavy atom. The van der Waals surface area contributed by atoms with Crippen molar-refractivity contribution in [3.8, 4) is 22.6 Å². The van der Waals surface area contributed by atoms with Crippen LogP contribution in [0.3, 0.4) is 0 Å². The predicted molar refractivity (Wildman–Crippen MR) is 122 cm³/mol. The van der Waals surface area contributed by atoms with E-state index in [1.54, 1.807) is 16.6 Å². The largest absolute Gasteiger partial charge is 0.242 e. The second-order valence-corrected chi connectivity index (χ2v) is 10.4. The molecule has 0 aliphatic rings. The van der Waals surface area contributed by atoms with Crippen LogP contribution in [0, 0.1) is 6.92 Å². The molecule has 0 fully saturated rings. The van der Waals surface area contributed by atoms with Crippen molar-refractivity contribution in [1.29, 1.82) is 0 Å². The zero-order valence-electron chi connectivity index (χ0n) is 17.0. The number of alkyl halides is 2. The van der Waals surface area contributed by atoms with Crippen molar-refractivity contribution in [3.05, 3.63) is 66.0 Å². The van der Waals surface area contributed by atoms with E-state index >= 15 is 0 Å². The Hall–Kier alpha value is -2.52. The summed E-state index contributed by atoms with van der Waals surface area (Å²) in [7, 11) is -0.565. The van der Waals surface area contributed by atoms with Gasteiger partial charge in [0.25, 0.3) is 0 Å². The molecule has 10 heteroatoms. The Morgan fingerprint density at radius 1 is 0.935 bits per heavy atom. The number of aromatic nitrogens is 4. The number of sulfonamides is 1. The average Bonchev–Trinajstić information content (AvgIpc) is 3.17. The summed E-state index contributed by atoms with van der Waals surface area (Å²) in [4.78, 5) is 8.17. The predicted octanol–water partition coefficient (Wildman–Crippen LogP) is 4.49. The van der Waals surface area contributed by atoms with Gasteiger partial charge in [-0.1, -0.05) is 53.0 Å². The average molecular weight is 476 g/mol. The number of benzene rings is 2. The van der Waals surface area contributed by atoms with Crippen LogP contribution >= 0.6 is 23.2 Å². The maximum Gasteiger partial charge on any atom is 0.242 e. The minimum absolute atomic E-state index is 0.181. The van der Waals surface area contributed by atoms with E-state index in [1.807, 2.05) is 37.3 Å². The smallest absolute Gasteiger partial charge is 0.211 e. The highest BCUT2D eigenvalue weighted by atomic mass is 35.5. The molecule has 0 aliphatic carbocycles. The molecule has 0 saturated carbocycles. The molecule has 0 N–H and O–H groups in total. The Labute approximate surface area is 190 Å². The number of halogens is 2. The lowest BCUT2D eigenvalue weighted by molar-refractivity contribution is 0.521. The van der Waals surface area contributed by atoms with Crippen LogP contribution in [0.1, 0.15) is 16.2 Å². The molecule has 4 aromatic rings. The van der Waals surface area contributed by atoms with Gasteiger partial charge in [-0.05, 0) is 31.2 Å². The molecule has 2 aromatic heterocycles. The number of hydrogen-bond acceptors (Lipinski definition) is 5. The van der Waals surface area contributed by atoms with Crippen LogP contribution < -0.4 is 0 Å². The van der Waals surface area contributed by atoms with Gasteiger partial charge in [0.2, 0.25) is 10.0 Å². The molecule has 2 heterocycles. The van der Waals surface area contributed by atoms with E-state index in [0.29, 0.717) is 17.0 Å². The van der Waals surface area contributed by atoms with Gasteiger partial charge in [-0.2, -0.15) is 9.61 Å². The zero-order valence-corrected chi connectivity index (χ0v) is 19.3. The lowest BCUT2D eigenvalue weighted by atomic mass is 10.1. The van der Waals surface area contributed by atoms with Gasteiger partial charge in [-0.25, -0.2) is 22.7 Å². The van der Waals surface area contributed by atoms with E-state index in [9.17, 15) is 8.42 Å². The van der Waals surface area contributed by atoms with Crippen LogP contribution in [0.2, 0.25) is 0 Å². The third-order valence-electron chi connectivity index (χ3n) is 4.77. The summed E-state index contributed by atoms with van der Waals surface area (Å²) in [5.74, 6) is 0.699. The van der Waals surface area contributed by atoms with Crippen molar-refractivity contribution < 1.29 is 8.42 Å². The van der Waals surface area contributed by atoms with E-state index in [4.69, 9.17) is 23.2 Å². The van der Waals surface area contributed by atoms with Crippen molar-refractivity contribution >= 4 is 38.9 Å². The summed E-state index contributed by atoms with van der Waals surface area (Å²) in [6.07, 6.45) is 0. The van der Waals surface area contributed by atoms with Gasteiger partial charge in [0.05, 0.1) is 10.6 Å². The third-order valence-corrected chi connectivity index (χ3v) is 6.99. The molecule has 0 atom stereocenters. The van der Waals surface area contributed by atoms with Crippen molar-refractivity contribution in [2.24, 2.45) is 0 Å². The van der Waals surface area contributed by atoms with Gasteiger partial charge in [0.1, 0.15) is 0 Å². The van der Waals surface area contributed by atoms with E-state index in [-0.39, 0.29) is 10.7 Å². The van der Waals surface area contributed by atoms with Gasteiger partial charge >= 0.3 is 0 Å². The van der Waals surface area contributed by atoms with Gasteiger partial charge in [0.15, 0.2) is 22.1 Å². The van der Waals surface area contributed by atoms with E-state index in [2.05, 4.69) is 15.1 Å². The van der Waals surface area contributed by atoms with Crippen molar-refractivity contribution in [1.82, 2.24) is 23.9 Å². The maximum absolute atomic E-state index is 12.4. The highest BCUT2D eigenvalue weighted by Crippen LogP contribution is 2.28. The number of fused-ring (bicyclic) bond motifs is 1. The first-order chi connectivity index (χ1) is 14.7. The Morgan fingerprint density at radius 2 is 1.55 bits per heavy atom. The fourth-order valence-electron chi connectivity index (χ4n) is 3.04. The Bertz CT molecular complexity index is 1350. The Kier molecular flexibility index (Phi) is 5.74. The SMILES string of the molecule is Cc1ccc(-c2cc3nc(C(Cl)Cl)nc(-c4ccc(S(=O)(=O)N(C)C)cc4)n3n2)cc1. The lowest BCUT2D eigenvalue weighted by Crippen LogP contribution is -2.22. The topological polar surface area (TPSA) is 80.5 Å². The summed E-state index contributed by atoms with van der Waals surface area (Å²) in [5.41, 5.74) is 3.99. The molecule has 0 unspecified atom stereocenters. The highest BCUT2D eigenvalue weighted by molar-refractivity contribution is 7.89. The molecule has 7 nitrogen and oxygen atoms in total. The van der Waals surface area contributed by atoms with E-state index in [0.717, 1.165) is 21.1 Å². The quantitative estimate of drug-likeness (QED) is 0.397. The fraction of sp³-hybridized carbons (Fsp3) is 0.190. The van der Waals surface area contributed by atoms with Gasteiger partial charge in [-0.3, -0.25) is 0 Å². The van der Waals surface area contributed by atoms with Gasteiger partial charge in [-0.15, -0.1) is 0 Å². The molecule has 0 amide bonds. The third kappa shape index (κ3) is 4.16. The minimum atomic E-state index is -3.54. The monoisotopic (exact) mass is 475 g/mol. The highest BCUT2D eigenvalue weighted by Gasteiger charge is 2.20. The summed E-state index contributed by atoms with van der Waals surface area (Å²) in [6.45, 7) is 2.02. The minimum Gasteiger partial charge on any atom is -0.211 e. The summed E-state index contributed by atoms with van der Waals surface area (Å²) >= 11 is 12.1. The molecule has 4 rings (SSSR count). The first kappa shape index (κ1) is 21.7. The zero-order chi connectivity index (χ0) is 22.3. The standard InChI is InChI=1S/C21H19Cl2N5O2S/c1-13-4-6-14(7-5-13)17-12-18-24-20(19(22)23)25-21(28(18)26-17)15-8-10-16(11-9-15)31(29,30)27(2)3/h4-12,19H,1-3H3. The summed E-state index contributed by atoms with van der Waals surface area (Å²) in [6, 6.07) is 16.2. The van der Waals surface area contributed by atoms with Gasteiger partial charge in [0, 0.05) is 31.3 Å². The number of hydrogen-bond donors (Lipinski definition) is 0. The number of rotatable bonds is 5. The second kappa shape index (κ2) is 8.20. The normalized spacial score (nSPS) is 12.2. The first-order valence-electron chi connectivity index (χ1n) is 9.32. The van der Waals surface area contributed by atoms with Crippen LogP contribution in [-0.4, -0.2) is 46.4 Å². The van der Waals surface area contributed by atoms with Crippen LogP contribution in [0.25, 0.3) is 28.3 Å². The summed E-state index contributed by atoms with van der Waals surface area (Å²) < 4.78 is 27.5. The van der Waals surface area contributed by atoms with Gasteiger partial charge < -0.3 is 0 Å². The van der Waals surface area contributed by atoms with Crippen molar-refractivity contribution in [2.75, 3.05) is 14.1 Å². The van der Waals surface area contributed by atoms with Crippen molar-refractivity contribution in [2.45, 2.75) is 16.7 Å². The van der Waals surface area contributed by atoms with Crippen LogP contribution in [-0.2, 0) is 10.0 Å². The lowest BCUT2D eigenvalue weighted by Gasteiger charge is -2.12. The molecule has 0 spiro atoms. The molecule has 0 saturated heterocycles. The molecule has 0 bridgehead atoms. The number of nitrogens with zero attached hydrogens (tertiary/aromatic N) is 5. The second-order valence-electron chi connectivity index (χ2n) is 7.18. The van der Waals surface area contributed by atoms with Crippen LogP contribution in [0.4, 0.5) is 0 Å². The molecule has 160 valence electrons. The van der Waals surface area contributed by atoms with E-state index in [1.165, 1.54) is 26.2 Å².